The molecule has 0 bridgehead atoms. The van der Waals surface area contributed by atoms with Gasteiger partial charge >= 0.3 is 0 Å². The third kappa shape index (κ3) is 4.24. The van der Waals surface area contributed by atoms with Crippen LogP contribution in [-0.4, -0.2) is 36.5 Å². The molecule has 4 nitrogen and oxygen atoms in total. The van der Waals surface area contributed by atoms with Crippen molar-refractivity contribution in [2.24, 2.45) is 5.73 Å². The van der Waals surface area contributed by atoms with Crippen molar-refractivity contribution in [1.82, 2.24) is 4.90 Å². The predicted molar refractivity (Wildman–Crippen MR) is 98.0 cm³/mol. The van der Waals surface area contributed by atoms with Crippen LogP contribution in [0.5, 0.6) is 0 Å². The van der Waals surface area contributed by atoms with Gasteiger partial charge in [0, 0.05) is 49.3 Å². The zero-order valence-corrected chi connectivity index (χ0v) is 14.4. The molecule has 1 saturated heterocycles. The van der Waals surface area contributed by atoms with Gasteiger partial charge in [0.15, 0.2) is 0 Å². The lowest BCUT2D eigenvalue weighted by Crippen LogP contribution is -2.30. The molecular formula is C20H24FN3O. The first kappa shape index (κ1) is 17.6. The van der Waals surface area contributed by atoms with Gasteiger partial charge in [0.1, 0.15) is 5.82 Å². The molecule has 5 heteroatoms. The van der Waals surface area contributed by atoms with Gasteiger partial charge in [-0.3, -0.25) is 4.79 Å². The van der Waals surface area contributed by atoms with E-state index in [0.29, 0.717) is 30.1 Å². The smallest absolute Gasteiger partial charge is 0.225 e. The highest BCUT2D eigenvalue weighted by Gasteiger charge is 2.31. The molecule has 1 amide bonds. The Kier molecular flexibility index (Phi) is 5.46. The molecule has 132 valence electrons. The van der Waals surface area contributed by atoms with Crippen LogP contribution in [0.2, 0.25) is 0 Å². The molecule has 3 rings (SSSR count). The SMILES string of the molecule is Cc1c(F)cccc1NC(=O)CCN1C[C@@H](N)[C@H](c2ccccc2)C1. The number of nitrogens with one attached hydrogen (secondary N) is 1. The number of carbonyl (C=O) groups is 1. The standard InChI is InChI=1S/C20H24FN3O/c1-14-17(21)8-5-9-19(14)23-20(25)10-11-24-12-16(18(22)13-24)15-6-3-2-4-7-15/h2-9,16,18H,10-13,22H2,1H3,(H,23,25)/t16-,18+/m0/s1. The summed E-state index contributed by atoms with van der Waals surface area (Å²) in [6.07, 6.45) is 0.365. The maximum absolute atomic E-state index is 13.5. The number of amides is 1. The number of benzene rings is 2. The van der Waals surface area contributed by atoms with Crippen LogP contribution < -0.4 is 11.1 Å². The Morgan fingerprint density at radius 2 is 1.96 bits per heavy atom. The van der Waals surface area contributed by atoms with E-state index in [4.69, 9.17) is 5.73 Å². The highest BCUT2D eigenvalue weighted by atomic mass is 19.1. The van der Waals surface area contributed by atoms with Crippen LogP contribution in [0, 0.1) is 12.7 Å². The van der Waals surface area contributed by atoms with Crippen molar-refractivity contribution >= 4 is 11.6 Å². The number of halogens is 1. The number of nitrogens with two attached hydrogens (primary N) is 1. The van der Waals surface area contributed by atoms with Gasteiger partial charge in [-0.15, -0.1) is 0 Å². The van der Waals surface area contributed by atoms with E-state index in [2.05, 4.69) is 22.3 Å². The van der Waals surface area contributed by atoms with E-state index >= 15 is 0 Å². The van der Waals surface area contributed by atoms with Crippen LogP contribution in [0.3, 0.4) is 0 Å². The van der Waals surface area contributed by atoms with E-state index in [0.717, 1.165) is 13.1 Å². The summed E-state index contributed by atoms with van der Waals surface area (Å²) in [5.41, 5.74) is 8.53. The number of carbonyl (C=O) groups excluding carboxylic acids is 1. The van der Waals surface area contributed by atoms with Crippen molar-refractivity contribution in [3.05, 3.63) is 65.5 Å². The summed E-state index contributed by atoms with van der Waals surface area (Å²) >= 11 is 0. The lowest BCUT2D eigenvalue weighted by molar-refractivity contribution is -0.116. The summed E-state index contributed by atoms with van der Waals surface area (Å²) < 4.78 is 13.5. The fourth-order valence-corrected chi connectivity index (χ4v) is 3.36. The summed E-state index contributed by atoms with van der Waals surface area (Å²) in [6.45, 7) is 3.95. The number of anilines is 1. The highest BCUT2D eigenvalue weighted by molar-refractivity contribution is 5.91. The van der Waals surface area contributed by atoms with Crippen molar-refractivity contribution in [3.8, 4) is 0 Å². The minimum Gasteiger partial charge on any atom is -0.326 e. The number of nitrogens with zero attached hydrogens (tertiary/aromatic N) is 1. The van der Waals surface area contributed by atoms with Gasteiger partial charge in [-0.2, -0.15) is 0 Å². The number of hydrogen-bond acceptors (Lipinski definition) is 3. The first-order valence-corrected chi connectivity index (χ1v) is 8.62. The lowest BCUT2D eigenvalue weighted by Gasteiger charge is -2.16. The van der Waals surface area contributed by atoms with E-state index in [-0.39, 0.29) is 17.8 Å². The molecule has 0 saturated carbocycles. The number of hydrogen-bond donors (Lipinski definition) is 2. The molecule has 2 aromatic carbocycles. The van der Waals surface area contributed by atoms with Gasteiger partial charge < -0.3 is 16.0 Å². The second-order valence-corrected chi connectivity index (χ2v) is 6.65. The fraction of sp³-hybridized carbons (Fsp3) is 0.350. The first-order valence-electron chi connectivity index (χ1n) is 8.62. The van der Waals surface area contributed by atoms with Crippen molar-refractivity contribution in [2.45, 2.75) is 25.3 Å². The molecule has 1 fully saturated rings. The first-order chi connectivity index (χ1) is 12.0. The fourth-order valence-electron chi connectivity index (χ4n) is 3.36. The Bertz CT molecular complexity index is 735. The third-order valence-electron chi connectivity index (χ3n) is 4.87. The summed E-state index contributed by atoms with van der Waals surface area (Å²) in [6, 6.07) is 15.0. The minimum absolute atomic E-state index is 0.0796. The molecule has 2 aromatic rings. The van der Waals surface area contributed by atoms with Crippen molar-refractivity contribution in [3.63, 3.8) is 0 Å². The lowest BCUT2D eigenvalue weighted by atomic mass is 9.95. The van der Waals surface area contributed by atoms with Crippen LogP contribution in [0.4, 0.5) is 10.1 Å². The minimum atomic E-state index is -0.311. The monoisotopic (exact) mass is 341 g/mol. The Labute approximate surface area is 147 Å². The van der Waals surface area contributed by atoms with Crippen LogP contribution in [0.15, 0.2) is 48.5 Å². The van der Waals surface area contributed by atoms with Gasteiger partial charge in [-0.05, 0) is 24.6 Å². The summed E-state index contributed by atoms with van der Waals surface area (Å²) in [5, 5.41) is 2.79. The zero-order valence-electron chi connectivity index (χ0n) is 14.4. The maximum atomic E-state index is 13.5. The van der Waals surface area contributed by atoms with E-state index in [1.807, 2.05) is 18.2 Å². The largest absolute Gasteiger partial charge is 0.326 e. The predicted octanol–water partition coefficient (Wildman–Crippen LogP) is 2.89. The molecule has 1 aliphatic heterocycles. The quantitative estimate of drug-likeness (QED) is 0.879. The van der Waals surface area contributed by atoms with Crippen LogP contribution in [-0.2, 0) is 4.79 Å². The van der Waals surface area contributed by atoms with Gasteiger partial charge in [0.25, 0.3) is 0 Å². The molecule has 1 aliphatic rings. The molecule has 25 heavy (non-hydrogen) atoms. The van der Waals surface area contributed by atoms with E-state index < -0.39 is 0 Å². The molecule has 0 radical (unpaired) electrons. The average molecular weight is 341 g/mol. The van der Waals surface area contributed by atoms with E-state index in [1.54, 1.807) is 19.1 Å². The van der Waals surface area contributed by atoms with Crippen LogP contribution in [0.25, 0.3) is 0 Å². The number of rotatable bonds is 5. The molecule has 0 spiro atoms. The Morgan fingerprint density at radius 1 is 1.20 bits per heavy atom. The van der Waals surface area contributed by atoms with Crippen molar-refractivity contribution in [2.75, 3.05) is 25.0 Å². The molecule has 3 N–H and O–H groups in total. The third-order valence-corrected chi connectivity index (χ3v) is 4.87. The van der Waals surface area contributed by atoms with Crippen molar-refractivity contribution < 1.29 is 9.18 Å². The maximum Gasteiger partial charge on any atom is 0.225 e. The second-order valence-electron chi connectivity index (χ2n) is 6.65. The molecular weight excluding hydrogens is 317 g/mol. The van der Waals surface area contributed by atoms with Crippen molar-refractivity contribution in [1.29, 1.82) is 0 Å². The van der Waals surface area contributed by atoms with Gasteiger partial charge in [0.2, 0.25) is 5.91 Å². The molecule has 0 unspecified atom stereocenters. The molecule has 0 aliphatic carbocycles. The van der Waals surface area contributed by atoms with E-state index in [9.17, 15) is 9.18 Å². The van der Waals surface area contributed by atoms with Gasteiger partial charge in [0.05, 0.1) is 0 Å². The molecule has 2 atom stereocenters. The average Bonchev–Trinajstić information content (AvgIpc) is 2.99. The van der Waals surface area contributed by atoms with Crippen LogP contribution >= 0.6 is 0 Å². The van der Waals surface area contributed by atoms with Gasteiger partial charge in [-0.1, -0.05) is 36.4 Å². The zero-order chi connectivity index (χ0) is 17.8. The Hall–Kier alpha value is -2.24. The summed E-state index contributed by atoms with van der Waals surface area (Å²) in [4.78, 5) is 14.4. The normalized spacial score (nSPS) is 20.6. The van der Waals surface area contributed by atoms with Gasteiger partial charge in [-0.25, -0.2) is 4.39 Å². The highest BCUT2D eigenvalue weighted by Crippen LogP contribution is 2.26. The number of likely N-dealkylation sites (tertiary alicyclic amines) is 1. The summed E-state index contributed by atoms with van der Waals surface area (Å²) in [5.74, 6) is -0.117. The second kappa shape index (κ2) is 7.76. The summed E-state index contributed by atoms with van der Waals surface area (Å²) in [7, 11) is 0. The Morgan fingerprint density at radius 3 is 2.72 bits per heavy atom. The van der Waals surface area contributed by atoms with Crippen LogP contribution in [0.1, 0.15) is 23.5 Å². The Balaban J connectivity index is 1.52. The topological polar surface area (TPSA) is 58.4 Å². The van der Waals surface area contributed by atoms with E-state index in [1.165, 1.54) is 11.6 Å². The molecule has 0 aromatic heterocycles. The molecule has 1 heterocycles.